The molecule has 1 heterocycles. The monoisotopic (exact) mass is 367 g/mol. The molecule has 0 aliphatic rings. The number of ether oxygens (including phenoxy) is 1. The lowest BCUT2D eigenvalue weighted by Gasteiger charge is -2.14. The maximum atomic E-state index is 12.6. The van der Waals surface area contributed by atoms with Gasteiger partial charge < -0.3 is 15.2 Å². The summed E-state index contributed by atoms with van der Waals surface area (Å²) in [4.78, 5) is 23.4. The molecule has 140 valence electrons. The molecule has 0 radical (unpaired) electrons. The normalized spacial score (nSPS) is 11.4. The van der Waals surface area contributed by atoms with Crippen LogP contribution >= 0.6 is 0 Å². The third-order valence-corrected chi connectivity index (χ3v) is 4.10. The highest BCUT2D eigenvalue weighted by Gasteiger charge is 2.20. The van der Waals surface area contributed by atoms with Crippen LogP contribution in [0.2, 0.25) is 0 Å². The first kappa shape index (κ1) is 18.4. The van der Waals surface area contributed by atoms with Gasteiger partial charge in [0.05, 0.1) is 0 Å². The van der Waals surface area contributed by atoms with E-state index in [1.54, 1.807) is 18.2 Å². The fourth-order valence-corrected chi connectivity index (χ4v) is 2.65. The number of aromatic nitrogens is 2. The Bertz CT molecular complexity index is 1000. The van der Waals surface area contributed by atoms with Gasteiger partial charge in [0.25, 0.3) is 5.91 Å². The van der Waals surface area contributed by atoms with Crippen molar-refractivity contribution in [3.63, 3.8) is 0 Å². The Morgan fingerprint density at radius 1 is 1.15 bits per heavy atom. The second kappa shape index (κ2) is 7.11. The Labute approximate surface area is 156 Å². The number of aliphatic carboxylic acids is 1. The third-order valence-electron chi connectivity index (χ3n) is 4.10. The lowest BCUT2D eigenvalue weighted by Crippen LogP contribution is -2.13. The minimum atomic E-state index is -1.05. The molecule has 0 bridgehead atoms. The summed E-state index contributed by atoms with van der Waals surface area (Å²) >= 11 is 0. The van der Waals surface area contributed by atoms with Crippen LogP contribution in [0, 0.1) is 0 Å². The molecule has 0 spiro atoms. The molecule has 0 saturated heterocycles. The van der Waals surface area contributed by atoms with Crippen molar-refractivity contribution in [3.05, 3.63) is 53.9 Å². The first-order chi connectivity index (χ1) is 12.8. The van der Waals surface area contributed by atoms with Crippen molar-refractivity contribution in [1.82, 2.24) is 10.2 Å². The summed E-state index contributed by atoms with van der Waals surface area (Å²) in [7, 11) is 0. The lowest BCUT2D eigenvalue weighted by molar-refractivity contribution is -0.139. The van der Waals surface area contributed by atoms with Gasteiger partial charge in [-0.05, 0) is 18.2 Å². The van der Waals surface area contributed by atoms with Crippen LogP contribution in [0.5, 0.6) is 5.75 Å². The number of amides is 1. The summed E-state index contributed by atoms with van der Waals surface area (Å²) in [6.45, 7) is 5.67. The fourth-order valence-electron chi connectivity index (χ4n) is 2.65. The van der Waals surface area contributed by atoms with Crippen LogP contribution in [-0.4, -0.2) is 33.8 Å². The Morgan fingerprint density at radius 2 is 1.85 bits per heavy atom. The quantitative estimate of drug-likeness (QED) is 0.639. The highest BCUT2D eigenvalue weighted by molar-refractivity contribution is 6.09. The molecule has 0 atom stereocenters. The van der Waals surface area contributed by atoms with E-state index in [2.05, 4.69) is 15.5 Å². The van der Waals surface area contributed by atoms with Crippen molar-refractivity contribution in [2.24, 2.45) is 0 Å². The smallest absolute Gasteiger partial charge is 0.341 e. The van der Waals surface area contributed by atoms with Crippen LogP contribution in [0.15, 0.2) is 42.5 Å². The fraction of sp³-hybridized carbons (Fsp3) is 0.250. The number of carboxylic acids is 1. The number of nitrogens with zero attached hydrogens (tertiary/aromatic N) is 1. The van der Waals surface area contributed by atoms with Gasteiger partial charge in [0.2, 0.25) is 0 Å². The summed E-state index contributed by atoms with van der Waals surface area (Å²) in [6.07, 6.45) is 0. The van der Waals surface area contributed by atoms with Crippen molar-refractivity contribution in [1.29, 1.82) is 0 Å². The number of carbonyl (C=O) groups is 2. The van der Waals surface area contributed by atoms with Crippen LogP contribution in [0.25, 0.3) is 10.8 Å². The zero-order valence-electron chi connectivity index (χ0n) is 15.4. The number of fused-ring (bicyclic) bond motifs is 1. The molecule has 27 heavy (non-hydrogen) atoms. The molecule has 7 nitrogen and oxygen atoms in total. The van der Waals surface area contributed by atoms with Gasteiger partial charge in [0.1, 0.15) is 5.75 Å². The highest BCUT2D eigenvalue weighted by atomic mass is 16.5. The van der Waals surface area contributed by atoms with Crippen molar-refractivity contribution in [3.8, 4) is 5.75 Å². The van der Waals surface area contributed by atoms with E-state index in [0.29, 0.717) is 22.5 Å². The number of hydrogen-bond donors (Lipinski definition) is 3. The van der Waals surface area contributed by atoms with E-state index < -0.39 is 12.6 Å². The van der Waals surface area contributed by atoms with E-state index in [9.17, 15) is 9.59 Å². The largest absolute Gasteiger partial charge is 0.481 e. The number of rotatable bonds is 5. The van der Waals surface area contributed by atoms with Gasteiger partial charge in [-0.25, -0.2) is 4.79 Å². The van der Waals surface area contributed by atoms with Gasteiger partial charge in [-0.2, -0.15) is 5.10 Å². The molecular weight excluding hydrogens is 346 g/mol. The zero-order chi connectivity index (χ0) is 19.6. The first-order valence-electron chi connectivity index (χ1n) is 8.49. The molecule has 0 unspecified atom stereocenters. The van der Waals surface area contributed by atoms with E-state index >= 15 is 0 Å². The Hall–Kier alpha value is -3.35. The molecule has 1 amide bonds. The first-order valence-corrected chi connectivity index (χ1v) is 8.49. The molecule has 3 aromatic rings. The molecule has 0 saturated carbocycles. The van der Waals surface area contributed by atoms with Crippen LogP contribution in [0.1, 0.15) is 37.0 Å². The van der Waals surface area contributed by atoms with E-state index in [4.69, 9.17) is 9.84 Å². The molecule has 7 heteroatoms. The summed E-state index contributed by atoms with van der Waals surface area (Å²) in [5, 5.41) is 20.1. The number of nitrogens with one attached hydrogen (secondary N) is 2. The zero-order valence-corrected chi connectivity index (χ0v) is 15.4. The Morgan fingerprint density at radius 3 is 2.48 bits per heavy atom. The van der Waals surface area contributed by atoms with Crippen molar-refractivity contribution >= 4 is 28.3 Å². The number of hydrogen-bond acceptors (Lipinski definition) is 4. The van der Waals surface area contributed by atoms with E-state index in [0.717, 1.165) is 11.1 Å². The highest BCUT2D eigenvalue weighted by Crippen LogP contribution is 2.32. The van der Waals surface area contributed by atoms with Gasteiger partial charge in [0.15, 0.2) is 12.3 Å². The third kappa shape index (κ3) is 4.08. The standard InChI is InChI=1S/C20H21N3O4/c1-20(2,3)17-10-15(22-23-17)19(26)21-14-8-9-16(27-11-18(24)25)13-7-5-4-6-12(13)14/h4-10H,11H2,1-3H3,(H,21,26)(H,22,23)(H,24,25). The van der Waals surface area contributed by atoms with Gasteiger partial charge in [-0.15, -0.1) is 0 Å². The van der Waals surface area contributed by atoms with Gasteiger partial charge in [-0.3, -0.25) is 9.89 Å². The topological polar surface area (TPSA) is 104 Å². The molecule has 0 aliphatic heterocycles. The number of carbonyl (C=O) groups excluding carboxylic acids is 1. The van der Waals surface area contributed by atoms with Crippen molar-refractivity contribution in [2.75, 3.05) is 11.9 Å². The molecule has 0 aliphatic carbocycles. The summed E-state index contributed by atoms with van der Waals surface area (Å²) in [5.74, 6) is -0.934. The lowest BCUT2D eigenvalue weighted by atomic mass is 9.92. The summed E-state index contributed by atoms with van der Waals surface area (Å²) in [6, 6.07) is 12.4. The average Bonchev–Trinajstić information content (AvgIpc) is 3.11. The number of anilines is 1. The molecule has 1 aromatic heterocycles. The number of aromatic amines is 1. The van der Waals surface area contributed by atoms with E-state index in [-0.39, 0.29) is 11.3 Å². The van der Waals surface area contributed by atoms with Gasteiger partial charge in [-0.1, -0.05) is 45.0 Å². The number of H-pyrrole nitrogens is 1. The summed E-state index contributed by atoms with van der Waals surface area (Å²) < 4.78 is 5.34. The minimum Gasteiger partial charge on any atom is -0.481 e. The molecule has 0 fully saturated rings. The van der Waals surface area contributed by atoms with Crippen molar-refractivity contribution in [2.45, 2.75) is 26.2 Å². The maximum Gasteiger partial charge on any atom is 0.341 e. The van der Waals surface area contributed by atoms with Crippen LogP contribution in [0.4, 0.5) is 5.69 Å². The minimum absolute atomic E-state index is 0.138. The maximum absolute atomic E-state index is 12.6. The van der Waals surface area contributed by atoms with E-state index in [1.165, 1.54) is 0 Å². The van der Waals surface area contributed by atoms with Gasteiger partial charge in [0, 0.05) is 27.6 Å². The summed E-state index contributed by atoms with van der Waals surface area (Å²) in [5.41, 5.74) is 1.63. The molecule has 2 aromatic carbocycles. The Kier molecular flexibility index (Phi) is 4.85. The molecule has 3 N–H and O–H groups in total. The number of benzene rings is 2. The molecule has 3 rings (SSSR count). The van der Waals surface area contributed by atoms with E-state index in [1.807, 2.05) is 45.0 Å². The predicted molar refractivity (Wildman–Crippen MR) is 102 cm³/mol. The van der Waals surface area contributed by atoms with Crippen LogP contribution < -0.4 is 10.1 Å². The van der Waals surface area contributed by atoms with Crippen LogP contribution in [-0.2, 0) is 10.2 Å². The van der Waals surface area contributed by atoms with Gasteiger partial charge >= 0.3 is 5.97 Å². The number of carboxylic acid groups (broad SMARTS) is 1. The second-order valence-corrected chi connectivity index (χ2v) is 7.21. The Balaban J connectivity index is 1.89. The van der Waals surface area contributed by atoms with Crippen LogP contribution in [0.3, 0.4) is 0 Å². The predicted octanol–water partition coefficient (Wildman–Crippen LogP) is 3.58. The molecular formula is C20H21N3O4. The van der Waals surface area contributed by atoms with Crippen molar-refractivity contribution < 1.29 is 19.4 Å². The second-order valence-electron chi connectivity index (χ2n) is 7.21. The average molecular weight is 367 g/mol. The SMILES string of the molecule is CC(C)(C)c1cc(C(=O)Nc2ccc(OCC(=O)O)c3ccccc23)n[nH]1.